The van der Waals surface area contributed by atoms with Gasteiger partial charge in [-0.3, -0.25) is 19.7 Å². The summed E-state index contributed by atoms with van der Waals surface area (Å²) in [6, 6.07) is 0. The van der Waals surface area contributed by atoms with Gasteiger partial charge in [0.1, 0.15) is 12.2 Å². The highest BCUT2D eigenvalue weighted by Crippen LogP contribution is 2.28. The van der Waals surface area contributed by atoms with Crippen LogP contribution in [0.2, 0.25) is 0 Å². The van der Waals surface area contributed by atoms with Crippen molar-refractivity contribution in [3.63, 3.8) is 0 Å². The molecule has 5 N–H and O–H groups in total. The number of amides is 2. The van der Waals surface area contributed by atoms with Gasteiger partial charge in [-0.1, -0.05) is 0 Å². The number of carbonyl (C=O) groups excluding carboxylic acids is 3. The quantitative estimate of drug-likeness (QED) is 0.257. The molecule has 0 aromatic heterocycles. The number of ketones is 1. The zero-order valence-corrected chi connectivity index (χ0v) is 13.2. The number of hydrogen-bond donors (Lipinski definition) is 5. The van der Waals surface area contributed by atoms with Crippen LogP contribution in [-0.4, -0.2) is 68.7 Å². The van der Waals surface area contributed by atoms with Crippen LogP contribution in [0.15, 0.2) is 22.6 Å². The maximum Gasteiger partial charge on any atom is 0.258 e. The van der Waals surface area contributed by atoms with Crippen molar-refractivity contribution in [2.45, 2.75) is 31.7 Å². The van der Waals surface area contributed by atoms with Gasteiger partial charge < -0.3 is 20.4 Å². The van der Waals surface area contributed by atoms with Crippen molar-refractivity contribution in [3.8, 4) is 0 Å². The molecule has 0 radical (unpaired) electrons. The predicted molar refractivity (Wildman–Crippen MR) is 82.2 cm³/mol. The van der Waals surface area contributed by atoms with Crippen molar-refractivity contribution in [1.82, 2.24) is 5.32 Å². The third kappa shape index (κ3) is 5.88. The lowest BCUT2D eigenvalue weighted by Crippen LogP contribution is -2.41. The molecule has 0 aromatic carbocycles. The Kier molecular flexibility index (Phi) is 7.59. The van der Waals surface area contributed by atoms with Gasteiger partial charge in [-0.2, -0.15) is 0 Å². The molecule has 1 aliphatic rings. The van der Waals surface area contributed by atoms with Gasteiger partial charge >= 0.3 is 0 Å². The standard InChI is InChI=1S/C14H19NO7S/c1-7(17)2-3-8-11(4-12(20)15-14(8)22)23-6-10(19)13(21)9(18)5-16/h2-3,9-10,13,16,18-19,21H,4-6H2,1H3,(H,15,20,22)/b3-2+/t9-,10+,13-/m1/s1. The molecular weight excluding hydrogens is 326 g/mol. The minimum absolute atomic E-state index is 0.0979. The van der Waals surface area contributed by atoms with Crippen molar-refractivity contribution in [1.29, 1.82) is 0 Å². The number of aliphatic hydroxyl groups excluding tert-OH is 4. The molecular formula is C14H19NO7S. The van der Waals surface area contributed by atoms with Crippen LogP contribution >= 0.6 is 11.8 Å². The first-order valence-electron chi connectivity index (χ1n) is 6.80. The van der Waals surface area contributed by atoms with Crippen LogP contribution in [0.5, 0.6) is 0 Å². The van der Waals surface area contributed by atoms with Crippen LogP contribution in [0.3, 0.4) is 0 Å². The number of hydrogen-bond acceptors (Lipinski definition) is 8. The van der Waals surface area contributed by atoms with Crippen LogP contribution in [0.25, 0.3) is 0 Å². The molecule has 9 heteroatoms. The van der Waals surface area contributed by atoms with E-state index in [9.17, 15) is 29.7 Å². The van der Waals surface area contributed by atoms with Crippen molar-refractivity contribution < 1.29 is 34.8 Å². The van der Waals surface area contributed by atoms with Crippen molar-refractivity contribution in [2.75, 3.05) is 12.4 Å². The zero-order chi connectivity index (χ0) is 17.6. The predicted octanol–water partition coefficient (Wildman–Crippen LogP) is -1.76. The Hall–Kier alpha value is -1.52. The van der Waals surface area contributed by atoms with Crippen molar-refractivity contribution in [3.05, 3.63) is 22.6 Å². The van der Waals surface area contributed by atoms with Gasteiger partial charge in [0.2, 0.25) is 5.91 Å². The molecule has 0 unspecified atom stereocenters. The summed E-state index contributed by atoms with van der Waals surface area (Å²) in [5.41, 5.74) is 0.134. The lowest BCUT2D eigenvalue weighted by molar-refractivity contribution is -0.128. The highest BCUT2D eigenvalue weighted by atomic mass is 32.2. The normalized spacial score (nSPS) is 19.7. The first-order chi connectivity index (χ1) is 10.8. The van der Waals surface area contributed by atoms with Gasteiger partial charge in [0.15, 0.2) is 5.78 Å². The summed E-state index contributed by atoms with van der Waals surface area (Å²) in [5, 5.41) is 39.5. The smallest absolute Gasteiger partial charge is 0.258 e. The first kappa shape index (κ1) is 19.5. The molecule has 1 aliphatic heterocycles. The van der Waals surface area contributed by atoms with E-state index in [1.807, 2.05) is 0 Å². The minimum atomic E-state index is -1.56. The SMILES string of the molecule is CC(=O)/C=C/C1=C(SC[C@H](O)[C@H](O)[C@H](O)CO)CC(=O)NC1=O. The number of nitrogens with one attached hydrogen (secondary N) is 1. The second kappa shape index (κ2) is 8.94. The molecule has 23 heavy (non-hydrogen) atoms. The summed E-state index contributed by atoms with van der Waals surface area (Å²) in [6.07, 6.45) is -2.04. The van der Waals surface area contributed by atoms with Gasteiger partial charge in [-0.25, -0.2) is 0 Å². The van der Waals surface area contributed by atoms with Gasteiger partial charge in [0.25, 0.3) is 5.91 Å². The monoisotopic (exact) mass is 345 g/mol. The van der Waals surface area contributed by atoms with Crippen LogP contribution < -0.4 is 5.32 Å². The Balaban J connectivity index is 2.86. The lowest BCUT2D eigenvalue weighted by atomic mass is 10.1. The molecule has 2 amide bonds. The molecule has 0 bridgehead atoms. The molecule has 0 aliphatic carbocycles. The Bertz CT molecular complexity index is 543. The summed E-state index contributed by atoms with van der Waals surface area (Å²) >= 11 is 0.962. The average Bonchev–Trinajstić information content (AvgIpc) is 2.49. The van der Waals surface area contributed by atoms with E-state index < -0.39 is 36.7 Å². The maximum atomic E-state index is 11.8. The zero-order valence-electron chi connectivity index (χ0n) is 12.4. The van der Waals surface area contributed by atoms with Gasteiger partial charge in [0.05, 0.1) is 19.1 Å². The van der Waals surface area contributed by atoms with Crippen molar-refractivity contribution >= 4 is 29.4 Å². The number of carbonyl (C=O) groups is 3. The molecule has 1 heterocycles. The number of rotatable bonds is 8. The fourth-order valence-corrected chi connectivity index (χ4v) is 2.87. The Morgan fingerprint density at radius 2 is 1.96 bits per heavy atom. The molecule has 128 valence electrons. The third-order valence-electron chi connectivity index (χ3n) is 3.01. The van der Waals surface area contributed by atoms with Crippen LogP contribution in [-0.2, 0) is 14.4 Å². The average molecular weight is 345 g/mol. The van der Waals surface area contributed by atoms with E-state index in [0.717, 1.165) is 11.8 Å². The maximum absolute atomic E-state index is 11.8. The van der Waals surface area contributed by atoms with Crippen LogP contribution in [0, 0.1) is 0 Å². The van der Waals surface area contributed by atoms with E-state index in [1.165, 1.54) is 19.1 Å². The molecule has 0 saturated heterocycles. The number of aliphatic hydroxyl groups is 4. The van der Waals surface area contributed by atoms with E-state index in [-0.39, 0.29) is 23.5 Å². The topological polar surface area (TPSA) is 144 Å². The second-order valence-electron chi connectivity index (χ2n) is 4.95. The molecule has 8 nitrogen and oxygen atoms in total. The van der Waals surface area contributed by atoms with Crippen LogP contribution in [0.1, 0.15) is 13.3 Å². The van der Waals surface area contributed by atoms with E-state index in [1.54, 1.807) is 0 Å². The van der Waals surface area contributed by atoms with Gasteiger partial charge in [-0.15, -0.1) is 11.8 Å². The molecule has 1 rings (SSSR count). The number of allylic oxidation sites excluding steroid dienone is 1. The minimum Gasteiger partial charge on any atom is -0.394 e. The lowest BCUT2D eigenvalue weighted by Gasteiger charge is -2.23. The summed E-state index contributed by atoms with van der Waals surface area (Å²) in [6.45, 7) is 0.602. The molecule has 0 spiro atoms. The van der Waals surface area contributed by atoms with E-state index in [2.05, 4.69) is 5.32 Å². The Labute approximate surface area is 136 Å². The number of thioether (sulfide) groups is 1. The van der Waals surface area contributed by atoms with E-state index in [0.29, 0.717) is 4.91 Å². The summed E-state index contributed by atoms with van der Waals surface area (Å²) in [5.74, 6) is -1.53. The second-order valence-corrected chi connectivity index (χ2v) is 6.07. The number of imide groups is 1. The Morgan fingerprint density at radius 1 is 1.30 bits per heavy atom. The molecule has 0 fully saturated rings. The highest BCUT2D eigenvalue weighted by Gasteiger charge is 2.28. The summed E-state index contributed by atoms with van der Waals surface area (Å²) in [4.78, 5) is 34.6. The third-order valence-corrected chi connectivity index (χ3v) is 4.23. The van der Waals surface area contributed by atoms with Crippen LogP contribution in [0.4, 0.5) is 0 Å². The summed E-state index contributed by atoms with van der Waals surface area (Å²) < 4.78 is 0. The Morgan fingerprint density at radius 3 is 2.52 bits per heavy atom. The van der Waals surface area contributed by atoms with Gasteiger partial charge in [-0.05, 0) is 19.1 Å². The molecule has 0 aromatic rings. The fraction of sp³-hybridized carbons (Fsp3) is 0.500. The first-order valence-corrected chi connectivity index (χ1v) is 7.78. The fourth-order valence-electron chi connectivity index (χ4n) is 1.75. The van der Waals surface area contributed by atoms with Crippen molar-refractivity contribution in [2.24, 2.45) is 0 Å². The summed E-state index contributed by atoms with van der Waals surface area (Å²) in [7, 11) is 0. The van der Waals surface area contributed by atoms with E-state index in [4.69, 9.17) is 5.11 Å². The largest absolute Gasteiger partial charge is 0.394 e. The molecule has 3 atom stereocenters. The van der Waals surface area contributed by atoms with E-state index >= 15 is 0 Å². The molecule has 0 saturated carbocycles. The highest BCUT2D eigenvalue weighted by molar-refractivity contribution is 8.03. The van der Waals surface area contributed by atoms with Gasteiger partial charge in [0, 0.05) is 16.2 Å².